The molecule has 1 aliphatic rings. The summed E-state index contributed by atoms with van der Waals surface area (Å²) < 4.78 is 33.8. The van der Waals surface area contributed by atoms with Crippen molar-refractivity contribution < 1.29 is 22.0 Å². The SMILES string of the molecule is C[C@@H](N)CC[C@@H]1CCC(=O)N1OS(=O)(=O)O. The summed E-state index contributed by atoms with van der Waals surface area (Å²) in [5, 5.41) is 0.734. The van der Waals surface area contributed by atoms with Crippen molar-refractivity contribution in [2.45, 2.75) is 44.7 Å². The second-order valence-corrected chi connectivity index (χ2v) is 4.97. The minimum absolute atomic E-state index is 0.0247. The first-order valence-electron chi connectivity index (χ1n) is 5.04. The Morgan fingerprint density at radius 2 is 2.31 bits per heavy atom. The van der Waals surface area contributed by atoms with Crippen LogP contribution in [0.25, 0.3) is 0 Å². The summed E-state index contributed by atoms with van der Waals surface area (Å²) in [7, 11) is -4.64. The lowest BCUT2D eigenvalue weighted by molar-refractivity contribution is -0.157. The molecule has 8 heteroatoms. The molecular formula is C8H16N2O5S. The van der Waals surface area contributed by atoms with Crippen LogP contribution in [0.3, 0.4) is 0 Å². The smallest absolute Gasteiger partial charge is 0.328 e. The molecule has 1 fully saturated rings. The largest absolute Gasteiger partial charge is 0.418 e. The molecule has 2 atom stereocenters. The van der Waals surface area contributed by atoms with E-state index in [1.165, 1.54) is 0 Å². The van der Waals surface area contributed by atoms with Gasteiger partial charge in [-0.25, -0.2) is 0 Å². The van der Waals surface area contributed by atoms with Crippen LogP contribution >= 0.6 is 0 Å². The molecule has 0 spiro atoms. The highest BCUT2D eigenvalue weighted by molar-refractivity contribution is 7.80. The Morgan fingerprint density at radius 3 is 2.81 bits per heavy atom. The summed E-state index contributed by atoms with van der Waals surface area (Å²) in [6.45, 7) is 1.82. The number of hydroxylamine groups is 2. The molecule has 94 valence electrons. The number of carbonyl (C=O) groups excluding carboxylic acids is 1. The Balaban J connectivity index is 2.59. The van der Waals surface area contributed by atoms with Crippen LogP contribution in [0.4, 0.5) is 0 Å². The lowest BCUT2D eigenvalue weighted by Crippen LogP contribution is -2.36. The highest BCUT2D eigenvalue weighted by Crippen LogP contribution is 2.24. The Morgan fingerprint density at radius 1 is 1.69 bits per heavy atom. The zero-order valence-electron chi connectivity index (χ0n) is 9.00. The van der Waals surface area contributed by atoms with Gasteiger partial charge in [-0.1, -0.05) is 0 Å². The Labute approximate surface area is 94.5 Å². The zero-order valence-corrected chi connectivity index (χ0v) is 9.81. The molecule has 0 aromatic heterocycles. The average molecular weight is 252 g/mol. The number of carbonyl (C=O) groups is 1. The molecule has 0 aromatic carbocycles. The lowest BCUT2D eigenvalue weighted by Gasteiger charge is -2.21. The third-order valence-electron chi connectivity index (χ3n) is 2.40. The summed E-state index contributed by atoms with van der Waals surface area (Å²) in [6, 6.07) is -0.358. The highest BCUT2D eigenvalue weighted by atomic mass is 32.3. The van der Waals surface area contributed by atoms with Crippen LogP contribution < -0.4 is 5.73 Å². The molecule has 0 bridgehead atoms. The van der Waals surface area contributed by atoms with Gasteiger partial charge >= 0.3 is 10.4 Å². The average Bonchev–Trinajstić information content (AvgIpc) is 2.43. The van der Waals surface area contributed by atoms with Gasteiger partial charge in [-0.15, -0.1) is 4.28 Å². The van der Waals surface area contributed by atoms with Gasteiger partial charge < -0.3 is 5.73 Å². The van der Waals surface area contributed by atoms with E-state index in [2.05, 4.69) is 4.28 Å². The van der Waals surface area contributed by atoms with Gasteiger partial charge in [-0.2, -0.15) is 13.5 Å². The summed E-state index contributed by atoms with van der Waals surface area (Å²) in [5.41, 5.74) is 5.57. The number of hydrogen-bond acceptors (Lipinski definition) is 5. The van der Waals surface area contributed by atoms with Gasteiger partial charge in [0.15, 0.2) is 0 Å². The monoisotopic (exact) mass is 252 g/mol. The van der Waals surface area contributed by atoms with Crippen LogP contribution in [0.1, 0.15) is 32.6 Å². The molecule has 7 nitrogen and oxygen atoms in total. The van der Waals surface area contributed by atoms with E-state index in [9.17, 15) is 13.2 Å². The van der Waals surface area contributed by atoms with Gasteiger partial charge in [0.2, 0.25) is 5.91 Å². The first kappa shape index (κ1) is 13.4. The molecule has 0 radical (unpaired) electrons. The normalized spacial score (nSPS) is 23.8. The van der Waals surface area contributed by atoms with E-state index in [-0.39, 0.29) is 18.5 Å². The molecular weight excluding hydrogens is 236 g/mol. The predicted molar refractivity (Wildman–Crippen MR) is 55.4 cm³/mol. The Bertz CT molecular complexity index is 353. The number of rotatable bonds is 5. The van der Waals surface area contributed by atoms with Gasteiger partial charge in [0.05, 0.1) is 6.04 Å². The highest BCUT2D eigenvalue weighted by Gasteiger charge is 2.34. The van der Waals surface area contributed by atoms with Gasteiger partial charge in [0, 0.05) is 12.5 Å². The third kappa shape index (κ3) is 4.05. The van der Waals surface area contributed by atoms with E-state index in [1.807, 2.05) is 6.92 Å². The summed E-state index contributed by atoms with van der Waals surface area (Å²) >= 11 is 0. The maximum atomic E-state index is 11.3. The molecule has 1 amide bonds. The molecule has 1 heterocycles. The van der Waals surface area contributed by atoms with Crippen LogP contribution in [0.2, 0.25) is 0 Å². The summed E-state index contributed by atoms with van der Waals surface area (Å²) in [5.74, 6) is -0.438. The minimum atomic E-state index is -4.64. The molecule has 0 saturated carbocycles. The van der Waals surface area contributed by atoms with Gasteiger partial charge in [-0.05, 0) is 26.2 Å². The lowest BCUT2D eigenvalue weighted by atomic mass is 10.1. The number of hydrogen-bond donors (Lipinski definition) is 2. The topological polar surface area (TPSA) is 110 Å². The van der Waals surface area contributed by atoms with E-state index < -0.39 is 16.3 Å². The van der Waals surface area contributed by atoms with Crippen LogP contribution in [0, 0.1) is 0 Å². The Hall–Kier alpha value is -0.700. The standard InChI is InChI=1S/C8H16N2O5S/c1-6(9)2-3-7-4-5-8(11)10(7)15-16(12,13)14/h6-7H,2-5,9H2,1H3,(H,12,13,14)/t6-,7-/m1/s1. The molecule has 0 aliphatic carbocycles. The second-order valence-electron chi connectivity index (χ2n) is 3.97. The summed E-state index contributed by atoms with van der Waals surface area (Å²) in [6.07, 6.45) is 1.95. The second kappa shape index (κ2) is 5.09. The van der Waals surface area contributed by atoms with Crippen molar-refractivity contribution in [3.63, 3.8) is 0 Å². The zero-order chi connectivity index (χ0) is 12.3. The first-order valence-corrected chi connectivity index (χ1v) is 6.41. The van der Waals surface area contributed by atoms with E-state index in [4.69, 9.17) is 10.3 Å². The molecule has 0 aromatic rings. The fourth-order valence-electron chi connectivity index (χ4n) is 1.64. The van der Waals surface area contributed by atoms with Crippen molar-refractivity contribution in [3.05, 3.63) is 0 Å². The number of nitrogens with zero attached hydrogens (tertiary/aromatic N) is 1. The van der Waals surface area contributed by atoms with Crippen molar-refractivity contribution >= 4 is 16.3 Å². The van der Waals surface area contributed by atoms with Gasteiger partial charge in [0.1, 0.15) is 0 Å². The van der Waals surface area contributed by atoms with Crippen LogP contribution in [-0.4, -0.2) is 36.0 Å². The van der Waals surface area contributed by atoms with Crippen LogP contribution in [0.5, 0.6) is 0 Å². The maximum absolute atomic E-state index is 11.3. The first-order chi connectivity index (χ1) is 7.29. The summed E-state index contributed by atoms with van der Waals surface area (Å²) in [4.78, 5) is 11.3. The fourth-order valence-corrected chi connectivity index (χ4v) is 2.05. The van der Waals surface area contributed by atoms with Crippen molar-refractivity contribution in [1.82, 2.24) is 5.06 Å². The van der Waals surface area contributed by atoms with E-state index in [1.54, 1.807) is 0 Å². The molecule has 0 unspecified atom stereocenters. The van der Waals surface area contributed by atoms with Gasteiger partial charge in [0.25, 0.3) is 0 Å². The quantitative estimate of drug-likeness (QED) is 0.658. The van der Waals surface area contributed by atoms with E-state index in [0.717, 1.165) is 5.06 Å². The fraction of sp³-hybridized carbons (Fsp3) is 0.875. The molecule has 16 heavy (non-hydrogen) atoms. The predicted octanol–water partition coefficient (Wildman–Crippen LogP) is -0.161. The molecule has 1 saturated heterocycles. The van der Waals surface area contributed by atoms with Crippen LogP contribution in [0.15, 0.2) is 0 Å². The minimum Gasteiger partial charge on any atom is -0.328 e. The van der Waals surface area contributed by atoms with E-state index in [0.29, 0.717) is 19.3 Å². The number of amides is 1. The number of nitrogens with two attached hydrogens (primary N) is 1. The van der Waals surface area contributed by atoms with Gasteiger partial charge in [-0.3, -0.25) is 9.35 Å². The van der Waals surface area contributed by atoms with Crippen molar-refractivity contribution in [3.8, 4) is 0 Å². The van der Waals surface area contributed by atoms with Crippen molar-refractivity contribution in [2.24, 2.45) is 5.73 Å². The van der Waals surface area contributed by atoms with Crippen molar-refractivity contribution in [2.75, 3.05) is 0 Å². The molecule has 3 N–H and O–H groups in total. The molecule has 1 rings (SSSR count). The molecule has 1 aliphatic heterocycles. The van der Waals surface area contributed by atoms with Crippen molar-refractivity contribution in [1.29, 1.82) is 0 Å². The third-order valence-corrected chi connectivity index (χ3v) is 2.75. The maximum Gasteiger partial charge on any atom is 0.418 e. The van der Waals surface area contributed by atoms with Crippen LogP contribution in [-0.2, 0) is 19.5 Å². The van der Waals surface area contributed by atoms with E-state index >= 15 is 0 Å². The Kier molecular flexibility index (Phi) is 4.25.